The maximum Gasteiger partial charge on any atom is 0.254 e. The van der Waals surface area contributed by atoms with Crippen LogP contribution in [0, 0.1) is 12.8 Å². The molecule has 4 nitrogen and oxygen atoms in total. The van der Waals surface area contributed by atoms with E-state index in [2.05, 4.69) is 5.32 Å². The highest BCUT2D eigenvalue weighted by molar-refractivity contribution is 5.95. The summed E-state index contributed by atoms with van der Waals surface area (Å²) < 4.78 is 5.11. The molecule has 5 heteroatoms. The number of hydrogen-bond donors (Lipinski definition) is 2. The first-order chi connectivity index (χ1) is 8.16. The predicted molar refractivity (Wildman–Crippen MR) is 73.0 cm³/mol. The molecule has 2 rings (SSSR count). The average Bonchev–Trinajstić information content (AvgIpc) is 2.72. The number of halogens is 1. The van der Waals surface area contributed by atoms with Gasteiger partial charge in [0.1, 0.15) is 5.76 Å². The highest BCUT2D eigenvalue weighted by atomic mass is 35.5. The van der Waals surface area contributed by atoms with Crippen molar-refractivity contribution in [2.75, 3.05) is 6.54 Å². The van der Waals surface area contributed by atoms with Crippen LogP contribution in [0.2, 0.25) is 0 Å². The van der Waals surface area contributed by atoms with Gasteiger partial charge in [-0.15, -0.1) is 12.4 Å². The zero-order chi connectivity index (χ0) is 12.3. The van der Waals surface area contributed by atoms with Crippen molar-refractivity contribution in [2.45, 2.75) is 38.6 Å². The van der Waals surface area contributed by atoms with Crippen molar-refractivity contribution >= 4 is 18.3 Å². The van der Waals surface area contributed by atoms with E-state index >= 15 is 0 Å². The molecule has 0 spiro atoms. The predicted octanol–water partition coefficient (Wildman–Crippen LogP) is 2.26. The first-order valence-corrected chi connectivity index (χ1v) is 6.24. The zero-order valence-corrected chi connectivity index (χ0v) is 11.5. The van der Waals surface area contributed by atoms with Crippen LogP contribution in [0.1, 0.15) is 41.8 Å². The minimum Gasteiger partial charge on any atom is -0.469 e. The van der Waals surface area contributed by atoms with Gasteiger partial charge in [0.15, 0.2) is 0 Å². The van der Waals surface area contributed by atoms with Gasteiger partial charge in [0.25, 0.3) is 5.91 Å². The highest BCUT2D eigenvalue weighted by Crippen LogP contribution is 2.22. The van der Waals surface area contributed by atoms with Crippen LogP contribution in [0.5, 0.6) is 0 Å². The van der Waals surface area contributed by atoms with Crippen molar-refractivity contribution in [3.05, 3.63) is 23.7 Å². The Balaban J connectivity index is 0.00000162. The van der Waals surface area contributed by atoms with Gasteiger partial charge in [-0.2, -0.15) is 0 Å². The molecule has 2 atom stereocenters. The number of aryl methyl sites for hydroxylation is 1. The maximum absolute atomic E-state index is 11.8. The summed E-state index contributed by atoms with van der Waals surface area (Å²) >= 11 is 0. The van der Waals surface area contributed by atoms with Gasteiger partial charge in [-0.1, -0.05) is 6.42 Å². The van der Waals surface area contributed by atoms with Crippen LogP contribution in [0.3, 0.4) is 0 Å². The molecule has 1 aliphatic rings. The summed E-state index contributed by atoms with van der Waals surface area (Å²) in [7, 11) is 0. The minimum absolute atomic E-state index is 0. The molecule has 1 heterocycles. The summed E-state index contributed by atoms with van der Waals surface area (Å²) in [6.45, 7) is 2.52. The van der Waals surface area contributed by atoms with Crippen LogP contribution in [0.4, 0.5) is 0 Å². The van der Waals surface area contributed by atoms with Gasteiger partial charge in [0, 0.05) is 12.6 Å². The van der Waals surface area contributed by atoms with Gasteiger partial charge in [0.2, 0.25) is 0 Å². The Bertz CT molecular complexity index is 392. The van der Waals surface area contributed by atoms with E-state index in [1.807, 2.05) is 0 Å². The summed E-state index contributed by atoms with van der Waals surface area (Å²) in [5.74, 6) is 1.15. The number of nitrogens with one attached hydrogen (secondary N) is 1. The molecule has 0 radical (unpaired) electrons. The molecule has 1 saturated carbocycles. The summed E-state index contributed by atoms with van der Waals surface area (Å²) in [6.07, 6.45) is 6.02. The third-order valence-electron chi connectivity index (χ3n) is 3.48. The number of carbonyl (C=O) groups is 1. The van der Waals surface area contributed by atoms with E-state index in [0.717, 1.165) is 19.4 Å². The van der Waals surface area contributed by atoms with E-state index in [1.165, 1.54) is 12.8 Å². The fourth-order valence-corrected chi connectivity index (χ4v) is 2.47. The van der Waals surface area contributed by atoms with Crippen LogP contribution >= 0.6 is 12.4 Å². The molecular formula is C13H21ClN2O2. The van der Waals surface area contributed by atoms with Gasteiger partial charge in [-0.3, -0.25) is 4.79 Å². The van der Waals surface area contributed by atoms with Crippen molar-refractivity contribution in [1.29, 1.82) is 0 Å². The van der Waals surface area contributed by atoms with E-state index in [1.54, 1.807) is 19.3 Å². The molecule has 1 aliphatic carbocycles. The van der Waals surface area contributed by atoms with Crippen molar-refractivity contribution in [3.63, 3.8) is 0 Å². The fraction of sp³-hybridized carbons (Fsp3) is 0.615. The summed E-state index contributed by atoms with van der Waals surface area (Å²) in [5, 5.41) is 2.96. The van der Waals surface area contributed by atoms with E-state index in [-0.39, 0.29) is 18.3 Å². The van der Waals surface area contributed by atoms with Crippen molar-refractivity contribution in [3.8, 4) is 0 Å². The lowest BCUT2D eigenvalue weighted by Gasteiger charge is -2.26. The van der Waals surface area contributed by atoms with Gasteiger partial charge in [0.05, 0.1) is 11.8 Å². The monoisotopic (exact) mass is 272 g/mol. The van der Waals surface area contributed by atoms with Gasteiger partial charge < -0.3 is 15.5 Å². The number of amides is 1. The van der Waals surface area contributed by atoms with E-state index in [0.29, 0.717) is 23.3 Å². The maximum atomic E-state index is 11.8. The van der Waals surface area contributed by atoms with Crippen LogP contribution in [0.15, 0.2) is 16.7 Å². The van der Waals surface area contributed by atoms with Crippen LogP contribution < -0.4 is 11.1 Å². The number of rotatable bonds is 3. The second kappa shape index (κ2) is 6.81. The quantitative estimate of drug-likeness (QED) is 0.887. The molecule has 0 aliphatic heterocycles. The van der Waals surface area contributed by atoms with Gasteiger partial charge in [-0.05, 0) is 38.2 Å². The first kappa shape index (κ1) is 15.1. The third-order valence-corrected chi connectivity index (χ3v) is 3.48. The number of nitrogens with two attached hydrogens (primary N) is 1. The summed E-state index contributed by atoms with van der Waals surface area (Å²) in [5.41, 5.74) is 6.55. The number of furan rings is 1. The van der Waals surface area contributed by atoms with Crippen LogP contribution in [-0.4, -0.2) is 18.5 Å². The van der Waals surface area contributed by atoms with Gasteiger partial charge in [-0.25, -0.2) is 0 Å². The summed E-state index contributed by atoms with van der Waals surface area (Å²) in [4.78, 5) is 11.8. The Morgan fingerprint density at radius 3 is 2.94 bits per heavy atom. The lowest BCUT2D eigenvalue weighted by Crippen LogP contribution is -2.35. The SMILES string of the molecule is Cc1occc1C(=O)NCC1CCCC(N)C1.Cl. The molecule has 1 fully saturated rings. The van der Waals surface area contributed by atoms with Crippen LogP contribution in [-0.2, 0) is 0 Å². The molecule has 1 amide bonds. The summed E-state index contributed by atoms with van der Waals surface area (Å²) in [6, 6.07) is 2.01. The molecule has 0 bridgehead atoms. The van der Waals surface area contributed by atoms with Crippen molar-refractivity contribution in [1.82, 2.24) is 5.32 Å². The molecule has 0 aromatic carbocycles. The molecule has 3 N–H and O–H groups in total. The molecule has 1 aromatic rings. The molecule has 18 heavy (non-hydrogen) atoms. The smallest absolute Gasteiger partial charge is 0.254 e. The Kier molecular flexibility index (Phi) is 5.69. The molecule has 102 valence electrons. The Morgan fingerprint density at radius 2 is 2.33 bits per heavy atom. The standard InChI is InChI=1S/C13H20N2O2.ClH/c1-9-12(5-6-17-9)13(16)15-8-10-3-2-4-11(14)7-10;/h5-6,10-11H,2-4,7-8,14H2,1H3,(H,15,16);1H. The molecule has 2 unspecified atom stereocenters. The van der Waals surface area contributed by atoms with Crippen molar-refractivity contribution < 1.29 is 9.21 Å². The molecular weight excluding hydrogens is 252 g/mol. The van der Waals surface area contributed by atoms with E-state index < -0.39 is 0 Å². The van der Waals surface area contributed by atoms with E-state index in [9.17, 15) is 4.79 Å². The van der Waals surface area contributed by atoms with E-state index in [4.69, 9.17) is 10.2 Å². The largest absolute Gasteiger partial charge is 0.469 e. The Morgan fingerprint density at radius 1 is 1.56 bits per heavy atom. The Labute approximate surface area is 114 Å². The lowest BCUT2D eigenvalue weighted by atomic mass is 9.86. The second-order valence-electron chi connectivity index (χ2n) is 4.89. The second-order valence-corrected chi connectivity index (χ2v) is 4.89. The Hall–Kier alpha value is -1.00. The fourth-order valence-electron chi connectivity index (χ4n) is 2.47. The highest BCUT2D eigenvalue weighted by Gasteiger charge is 2.20. The minimum atomic E-state index is -0.0459. The average molecular weight is 273 g/mol. The number of hydrogen-bond acceptors (Lipinski definition) is 3. The normalized spacial score (nSPS) is 23.2. The molecule has 1 aromatic heterocycles. The first-order valence-electron chi connectivity index (χ1n) is 6.24. The number of carbonyl (C=O) groups excluding carboxylic acids is 1. The third kappa shape index (κ3) is 3.75. The van der Waals surface area contributed by atoms with Gasteiger partial charge >= 0.3 is 0 Å². The van der Waals surface area contributed by atoms with Crippen LogP contribution in [0.25, 0.3) is 0 Å². The topological polar surface area (TPSA) is 68.3 Å². The molecule has 0 saturated heterocycles. The van der Waals surface area contributed by atoms with Crippen molar-refractivity contribution in [2.24, 2.45) is 11.7 Å². The lowest BCUT2D eigenvalue weighted by molar-refractivity contribution is 0.0941. The zero-order valence-electron chi connectivity index (χ0n) is 10.6.